The molecular weight excluding hydrogens is 300 g/mol. The lowest BCUT2D eigenvalue weighted by molar-refractivity contribution is -0.137. The molecule has 7 nitrogen and oxygen atoms in total. The maximum atomic E-state index is 12.2. The zero-order chi connectivity index (χ0) is 16.7. The van der Waals surface area contributed by atoms with Crippen LogP contribution in [0.4, 0.5) is 0 Å². The zero-order valence-corrected chi connectivity index (χ0v) is 12.7. The third-order valence-corrected chi connectivity index (χ3v) is 3.29. The first-order chi connectivity index (χ1) is 11.1. The summed E-state index contributed by atoms with van der Waals surface area (Å²) in [6, 6.07) is 10.6. The normalized spacial score (nSPS) is 11.7. The van der Waals surface area contributed by atoms with Gasteiger partial charge in [0, 0.05) is 12.5 Å². The molecule has 0 aliphatic heterocycles. The van der Waals surface area contributed by atoms with E-state index in [0.717, 1.165) is 5.56 Å². The van der Waals surface area contributed by atoms with Crippen molar-refractivity contribution in [2.45, 2.75) is 25.3 Å². The number of aromatic nitrogens is 1. The molecule has 0 saturated carbocycles. The van der Waals surface area contributed by atoms with E-state index in [9.17, 15) is 9.59 Å². The van der Waals surface area contributed by atoms with Gasteiger partial charge >= 0.3 is 5.97 Å². The molecule has 2 N–H and O–H groups in total. The van der Waals surface area contributed by atoms with Crippen LogP contribution in [0, 0.1) is 0 Å². The van der Waals surface area contributed by atoms with Crippen molar-refractivity contribution in [1.82, 2.24) is 10.5 Å². The Morgan fingerprint density at radius 1 is 1.35 bits per heavy atom. The summed E-state index contributed by atoms with van der Waals surface area (Å²) in [5.41, 5.74) is 1.01. The van der Waals surface area contributed by atoms with E-state index in [0.29, 0.717) is 12.8 Å². The predicted molar refractivity (Wildman–Crippen MR) is 81.3 cm³/mol. The first-order valence-electron chi connectivity index (χ1n) is 7.15. The van der Waals surface area contributed by atoms with E-state index in [4.69, 9.17) is 14.4 Å². The molecule has 7 heteroatoms. The second-order valence-electron chi connectivity index (χ2n) is 5.03. The fourth-order valence-electron chi connectivity index (χ4n) is 2.14. The Morgan fingerprint density at radius 3 is 2.70 bits per heavy atom. The highest BCUT2D eigenvalue weighted by Crippen LogP contribution is 2.13. The van der Waals surface area contributed by atoms with Crippen LogP contribution in [-0.4, -0.2) is 35.3 Å². The molecule has 1 heterocycles. The van der Waals surface area contributed by atoms with E-state index in [1.54, 1.807) is 0 Å². The Bertz CT molecular complexity index is 654. The standard InChI is InChI=1S/C16H18N2O5/c1-22-14-10-13(23-18-14)16(21)17-12(7-8-15(19)20)9-11-5-3-2-4-6-11/h2-6,10,12H,7-9H2,1H3,(H,17,21)(H,19,20). The lowest BCUT2D eigenvalue weighted by Gasteiger charge is -2.17. The first kappa shape index (κ1) is 16.5. The van der Waals surface area contributed by atoms with Crippen molar-refractivity contribution in [2.75, 3.05) is 7.11 Å². The lowest BCUT2D eigenvalue weighted by Crippen LogP contribution is -2.36. The molecule has 0 aliphatic rings. The molecule has 0 fully saturated rings. The van der Waals surface area contributed by atoms with Crippen LogP contribution in [0.1, 0.15) is 29.0 Å². The van der Waals surface area contributed by atoms with E-state index in [1.165, 1.54) is 13.2 Å². The summed E-state index contributed by atoms with van der Waals surface area (Å²) < 4.78 is 9.75. The summed E-state index contributed by atoms with van der Waals surface area (Å²) >= 11 is 0. The summed E-state index contributed by atoms with van der Waals surface area (Å²) in [5, 5.41) is 15.2. The lowest BCUT2D eigenvalue weighted by atomic mass is 10.0. The molecule has 1 aromatic heterocycles. The van der Waals surface area contributed by atoms with Gasteiger partial charge in [-0.25, -0.2) is 0 Å². The third kappa shape index (κ3) is 5.14. The third-order valence-electron chi connectivity index (χ3n) is 3.29. The topological polar surface area (TPSA) is 102 Å². The van der Waals surface area contributed by atoms with Gasteiger partial charge in [0.15, 0.2) is 0 Å². The first-order valence-corrected chi connectivity index (χ1v) is 7.15. The van der Waals surface area contributed by atoms with E-state index < -0.39 is 11.9 Å². The van der Waals surface area contributed by atoms with Gasteiger partial charge < -0.3 is 19.7 Å². The Hall–Kier alpha value is -2.83. The number of amides is 1. The molecule has 0 aliphatic carbocycles. The van der Waals surface area contributed by atoms with Gasteiger partial charge in [0.2, 0.25) is 5.76 Å². The van der Waals surface area contributed by atoms with Gasteiger partial charge in [-0.3, -0.25) is 9.59 Å². The number of benzene rings is 1. The van der Waals surface area contributed by atoms with Gasteiger partial charge in [0.05, 0.1) is 13.2 Å². The van der Waals surface area contributed by atoms with Gasteiger partial charge in [0.25, 0.3) is 11.8 Å². The maximum absolute atomic E-state index is 12.2. The van der Waals surface area contributed by atoms with E-state index in [-0.39, 0.29) is 24.1 Å². The number of methoxy groups -OCH3 is 1. The summed E-state index contributed by atoms with van der Waals surface area (Å²) in [5.74, 6) is -1.12. The highest BCUT2D eigenvalue weighted by atomic mass is 16.5. The Labute approximate surface area is 133 Å². The smallest absolute Gasteiger partial charge is 0.303 e. The molecule has 0 radical (unpaired) electrons. The molecule has 0 saturated heterocycles. The van der Waals surface area contributed by atoms with Crippen molar-refractivity contribution < 1.29 is 24.0 Å². The minimum Gasteiger partial charge on any atom is -0.481 e. The maximum Gasteiger partial charge on any atom is 0.303 e. The minimum atomic E-state index is -0.904. The van der Waals surface area contributed by atoms with Crippen molar-refractivity contribution in [2.24, 2.45) is 0 Å². The number of nitrogens with one attached hydrogen (secondary N) is 1. The Balaban J connectivity index is 2.03. The summed E-state index contributed by atoms with van der Waals surface area (Å²) in [7, 11) is 1.42. The number of nitrogens with zero attached hydrogens (tertiary/aromatic N) is 1. The van der Waals surface area contributed by atoms with E-state index in [1.807, 2.05) is 30.3 Å². The van der Waals surface area contributed by atoms with Crippen molar-refractivity contribution in [1.29, 1.82) is 0 Å². The van der Waals surface area contributed by atoms with Crippen LogP contribution in [-0.2, 0) is 11.2 Å². The molecule has 23 heavy (non-hydrogen) atoms. The van der Waals surface area contributed by atoms with Crippen molar-refractivity contribution in [3.63, 3.8) is 0 Å². The average molecular weight is 318 g/mol. The number of carbonyl (C=O) groups excluding carboxylic acids is 1. The van der Waals surface area contributed by atoms with Gasteiger partial charge in [0.1, 0.15) is 0 Å². The predicted octanol–water partition coefficient (Wildman–Crippen LogP) is 1.89. The molecular formula is C16H18N2O5. The fourth-order valence-corrected chi connectivity index (χ4v) is 2.14. The second-order valence-corrected chi connectivity index (χ2v) is 5.03. The number of carboxylic acid groups (broad SMARTS) is 1. The minimum absolute atomic E-state index is 0.0234. The SMILES string of the molecule is COc1cc(C(=O)NC(CCC(=O)O)Cc2ccccc2)on1. The van der Waals surface area contributed by atoms with E-state index >= 15 is 0 Å². The Kier molecular flexibility index (Phi) is 5.74. The van der Waals surface area contributed by atoms with Gasteiger partial charge in [-0.05, 0) is 23.6 Å². The monoisotopic (exact) mass is 318 g/mol. The average Bonchev–Trinajstić information content (AvgIpc) is 3.02. The van der Waals surface area contributed by atoms with Gasteiger partial charge in [-0.1, -0.05) is 30.3 Å². The van der Waals surface area contributed by atoms with Crippen molar-refractivity contribution in [3.05, 3.63) is 47.7 Å². The quantitative estimate of drug-likeness (QED) is 0.770. The number of aliphatic carboxylic acids is 1. The molecule has 2 rings (SSSR count). The van der Waals surface area contributed by atoms with Crippen LogP contribution in [0.25, 0.3) is 0 Å². The van der Waals surface area contributed by atoms with Gasteiger partial charge in [-0.2, -0.15) is 0 Å². The van der Waals surface area contributed by atoms with Crippen LogP contribution in [0.15, 0.2) is 40.9 Å². The number of rotatable bonds is 8. The van der Waals surface area contributed by atoms with Crippen LogP contribution in [0.3, 0.4) is 0 Å². The largest absolute Gasteiger partial charge is 0.481 e. The van der Waals surface area contributed by atoms with Crippen LogP contribution in [0.5, 0.6) is 5.88 Å². The molecule has 1 unspecified atom stereocenters. The number of carboxylic acids is 1. The molecule has 0 bridgehead atoms. The van der Waals surface area contributed by atoms with E-state index in [2.05, 4.69) is 10.5 Å². The molecule has 1 atom stereocenters. The van der Waals surface area contributed by atoms with Crippen LogP contribution in [0.2, 0.25) is 0 Å². The second kappa shape index (κ2) is 7.98. The van der Waals surface area contributed by atoms with Crippen LogP contribution < -0.4 is 10.1 Å². The van der Waals surface area contributed by atoms with Crippen LogP contribution >= 0.6 is 0 Å². The summed E-state index contributed by atoms with van der Waals surface area (Å²) in [6.07, 6.45) is 0.823. The summed E-state index contributed by atoms with van der Waals surface area (Å²) in [6.45, 7) is 0. The fraction of sp³-hybridized carbons (Fsp3) is 0.312. The highest BCUT2D eigenvalue weighted by molar-refractivity contribution is 5.91. The van der Waals surface area contributed by atoms with Crippen molar-refractivity contribution in [3.8, 4) is 5.88 Å². The molecule has 0 spiro atoms. The molecule has 1 amide bonds. The molecule has 122 valence electrons. The Morgan fingerprint density at radius 2 is 2.09 bits per heavy atom. The molecule has 2 aromatic rings. The van der Waals surface area contributed by atoms with Crippen molar-refractivity contribution >= 4 is 11.9 Å². The highest BCUT2D eigenvalue weighted by Gasteiger charge is 2.19. The van der Waals surface area contributed by atoms with Gasteiger partial charge in [-0.15, -0.1) is 0 Å². The number of hydrogen-bond donors (Lipinski definition) is 2. The number of hydrogen-bond acceptors (Lipinski definition) is 5. The molecule has 1 aromatic carbocycles. The zero-order valence-electron chi connectivity index (χ0n) is 12.7. The number of ether oxygens (including phenoxy) is 1. The number of carbonyl (C=O) groups is 2. The summed E-state index contributed by atoms with van der Waals surface area (Å²) in [4.78, 5) is 23.0.